The van der Waals surface area contributed by atoms with Crippen molar-refractivity contribution >= 4 is 0 Å². The zero-order chi connectivity index (χ0) is 14.0. The van der Waals surface area contributed by atoms with E-state index in [1.165, 1.54) is 0 Å². The summed E-state index contributed by atoms with van der Waals surface area (Å²) in [4.78, 5) is 0. The highest BCUT2D eigenvalue weighted by molar-refractivity contribution is 5.40. The Balaban J connectivity index is 3.42. The van der Waals surface area contributed by atoms with Crippen LogP contribution in [0.15, 0.2) is 0 Å². The van der Waals surface area contributed by atoms with Crippen molar-refractivity contribution in [2.24, 2.45) is 16.7 Å². The first-order valence-electron chi connectivity index (χ1n) is 5.74. The number of hydrogen-bond acceptors (Lipinski definition) is 5. The minimum absolute atomic E-state index is 0.170. The van der Waals surface area contributed by atoms with Crippen LogP contribution in [0.3, 0.4) is 0 Å². The summed E-state index contributed by atoms with van der Waals surface area (Å²) < 4.78 is 5.59. The van der Waals surface area contributed by atoms with Gasteiger partial charge in [0.25, 0.3) is 0 Å². The molecule has 0 heterocycles. The van der Waals surface area contributed by atoms with E-state index in [1.54, 1.807) is 20.8 Å². The van der Waals surface area contributed by atoms with Gasteiger partial charge < -0.3 is 4.74 Å². The topological polar surface area (TPSA) is 104 Å². The maximum atomic E-state index is 9.36. The summed E-state index contributed by atoms with van der Waals surface area (Å²) in [5.41, 5.74) is -3.35. The number of nitrogens with zero attached hydrogens (tertiary/aromatic N) is 4. The highest BCUT2D eigenvalue weighted by Gasteiger charge is 2.68. The lowest BCUT2D eigenvalue weighted by Crippen LogP contribution is -2.43. The summed E-state index contributed by atoms with van der Waals surface area (Å²) in [6.45, 7) is 5.30. The molecule has 0 N–H and O–H groups in total. The second kappa shape index (κ2) is 4.66. The molecule has 5 nitrogen and oxygen atoms in total. The van der Waals surface area contributed by atoms with Crippen LogP contribution in [0.1, 0.15) is 27.2 Å². The molecule has 1 saturated carbocycles. The van der Waals surface area contributed by atoms with E-state index in [0.29, 0.717) is 6.42 Å². The summed E-state index contributed by atoms with van der Waals surface area (Å²) in [6.07, 6.45) is -0.515. The van der Waals surface area contributed by atoms with Crippen LogP contribution in [-0.2, 0) is 4.74 Å². The normalized spacial score (nSPS) is 27.8. The lowest BCUT2D eigenvalue weighted by Gasteiger charge is -2.30. The molecule has 1 aliphatic carbocycles. The van der Waals surface area contributed by atoms with Crippen molar-refractivity contribution in [2.75, 3.05) is 0 Å². The average molecular weight is 242 g/mol. The molecule has 1 rings (SSSR count). The SMILES string of the molecule is CC(C)OC1CC(C)C(C#N)(C#N)C1(C#N)C#N. The van der Waals surface area contributed by atoms with Crippen LogP contribution < -0.4 is 0 Å². The third kappa shape index (κ3) is 1.53. The zero-order valence-electron chi connectivity index (χ0n) is 10.6. The third-order valence-corrected chi connectivity index (χ3v) is 3.55. The van der Waals surface area contributed by atoms with Crippen molar-refractivity contribution in [1.82, 2.24) is 0 Å². The molecule has 0 saturated heterocycles. The lowest BCUT2D eigenvalue weighted by molar-refractivity contribution is -0.0271. The third-order valence-electron chi connectivity index (χ3n) is 3.55. The molecular weight excluding hydrogens is 228 g/mol. The standard InChI is InChI=1S/C13H14N4O/c1-9(2)18-11-4-10(3)12(5-14,6-15)13(11,7-16)8-17/h9-11H,4H2,1-3H3. The fourth-order valence-electron chi connectivity index (χ4n) is 2.57. The van der Waals surface area contributed by atoms with Crippen LogP contribution in [-0.4, -0.2) is 12.2 Å². The van der Waals surface area contributed by atoms with Crippen molar-refractivity contribution < 1.29 is 4.74 Å². The van der Waals surface area contributed by atoms with Gasteiger partial charge in [-0.05, 0) is 26.2 Å². The van der Waals surface area contributed by atoms with E-state index < -0.39 is 16.9 Å². The molecule has 2 atom stereocenters. The van der Waals surface area contributed by atoms with Gasteiger partial charge in [-0.15, -0.1) is 0 Å². The van der Waals surface area contributed by atoms with Gasteiger partial charge in [-0.1, -0.05) is 6.92 Å². The van der Waals surface area contributed by atoms with Gasteiger partial charge in [-0.25, -0.2) is 0 Å². The summed E-state index contributed by atoms with van der Waals surface area (Å²) in [5, 5.41) is 37.3. The largest absolute Gasteiger partial charge is 0.373 e. The molecule has 0 radical (unpaired) electrons. The predicted molar refractivity (Wildman–Crippen MR) is 61.1 cm³/mol. The molecule has 5 heteroatoms. The lowest BCUT2D eigenvalue weighted by atomic mass is 9.65. The molecule has 18 heavy (non-hydrogen) atoms. The second-order valence-corrected chi connectivity index (χ2v) is 4.87. The Morgan fingerprint density at radius 1 is 1.00 bits per heavy atom. The molecule has 1 aliphatic rings. The summed E-state index contributed by atoms with van der Waals surface area (Å²) in [7, 11) is 0. The fourth-order valence-corrected chi connectivity index (χ4v) is 2.57. The number of hydrogen-bond donors (Lipinski definition) is 0. The Labute approximate surface area is 107 Å². The molecule has 0 bridgehead atoms. The van der Waals surface area contributed by atoms with Crippen molar-refractivity contribution in [3.63, 3.8) is 0 Å². The van der Waals surface area contributed by atoms with Crippen LogP contribution in [0, 0.1) is 62.1 Å². The Bertz CT molecular complexity index is 469. The fraction of sp³-hybridized carbons (Fsp3) is 0.692. The van der Waals surface area contributed by atoms with Crippen LogP contribution in [0.5, 0.6) is 0 Å². The smallest absolute Gasteiger partial charge is 0.201 e. The highest BCUT2D eigenvalue weighted by Crippen LogP contribution is 2.56. The quantitative estimate of drug-likeness (QED) is 0.735. The number of rotatable bonds is 2. The van der Waals surface area contributed by atoms with Gasteiger partial charge in [-0.2, -0.15) is 21.0 Å². The predicted octanol–water partition coefficient (Wildman–Crippen LogP) is 1.89. The minimum Gasteiger partial charge on any atom is -0.373 e. The van der Waals surface area contributed by atoms with E-state index in [1.807, 2.05) is 24.3 Å². The molecular formula is C13H14N4O. The van der Waals surface area contributed by atoms with Gasteiger partial charge in [0.2, 0.25) is 5.41 Å². The van der Waals surface area contributed by atoms with Gasteiger partial charge >= 0.3 is 0 Å². The van der Waals surface area contributed by atoms with Crippen LogP contribution >= 0.6 is 0 Å². The van der Waals surface area contributed by atoms with Gasteiger partial charge in [0.15, 0.2) is 5.41 Å². The molecule has 0 aromatic heterocycles. The van der Waals surface area contributed by atoms with E-state index in [0.717, 1.165) is 0 Å². The van der Waals surface area contributed by atoms with Gasteiger partial charge in [0.1, 0.15) is 0 Å². The van der Waals surface area contributed by atoms with Crippen molar-refractivity contribution in [2.45, 2.75) is 39.4 Å². The molecule has 0 spiro atoms. The first-order valence-corrected chi connectivity index (χ1v) is 5.74. The molecule has 0 aliphatic heterocycles. The Morgan fingerprint density at radius 2 is 1.44 bits per heavy atom. The molecule has 0 aromatic carbocycles. The molecule has 0 amide bonds. The summed E-state index contributed by atoms with van der Waals surface area (Å²) in [5.74, 6) is -0.379. The van der Waals surface area contributed by atoms with E-state index in [-0.39, 0.29) is 12.0 Å². The van der Waals surface area contributed by atoms with Gasteiger partial charge in [0.05, 0.1) is 36.5 Å². The van der Waals surface area contributed by atoms with Gasteiger partial charge in [0, 0.05) is 0 Å². The van der Waals surface area contributed by atoms with Crippen molar-refractivity contribution in [3.8, 4) is 24.3 Å². The van der Waals surface area contributed by atoms with Crippen LogP contribution in [0.25, 0.3) is 0 Å². The zero-order valence-corrected chi connectivity index (χ0v) is 10.6. The van der Waals surface area contributed by atoms with Crippen molar-refractivity contribution in [3.05, 3.63) is 0 Å². The maximum absolute atomic E-state index is 9.36. The van der Waals surface area contributed by atoms with Crippen LogP contribution in [0.2, 0.25) is 0 Å². The summed E-state index contributed by atoms with van der Waals surface area (Å²) in [6, 6.07) is 7.52. The van der Waals surface area contributed by atoms with Crippen LogP contribution in [0.4, 0.5) is 0 Å². The molecule has 92 valence electrons. The number of ether oxygens (including phenoxy) is 1. The van der Waals surface area contributed by atoms with Gasteiger partial charge in [-0.3, -0.25) is 0 Å². The highest BCUT2D eigenvalue weighted by atomic mass is 16.5. The Hall–Kier alpha value is -2.08. The van der Waals surface area contributed by atoms with E-state index in [4.69, 9.17) is 4.74 Å². The first kappa shape index (κ1) is 14.0. The first-order chi connectivity index (χ1) is 8.44. The van der Waals surface area contributed by atoms with E-state index >= 15 is 0 Å². The van der Waals surface area contributed by atoms with Crippen molar-refractivity contribution in [1.29, 1.82) is 21.0 Å². The van der Waals surface area contributed by atoms with E-state index in [9.17, 15) is 21.0 Å². The average Bonchev–Trinajstić information content (AvgIpc) is 2.57. The Kier molecular flexibility index (Phi) is 3.62. The minimum atomic E-state index is -1.72. The molecule has 1 fully saturated rings. The van der Waals surface area contributed by atoms with E-state index in [2.05, 4.69) is 0 Å². The molecule has 2 unspecified atom stereocenters. The maximum Gasteiger partial charge on any atom is 0.201 e. The monoisotopic (exact) mass is 242 g/mol. The molecule has 0 aromatic rings. The summed E-state index contributed by atoms with van der Waals surface area (Å²) >= 11 is 0. The Morgan fingerprint density at radius 3 is 1.78 bits per heavy atom. The number of nitriles is 4. The second-order valence-electron chi connectivity index (χ2n) is 4.87.